The number of ketones is 1. The summed E-state index contributed by atoms with van der Waals surface area (Å²) in [4.78, 5) is 12.2. The van der Waals surface area contributed by atoms with Crippen molar-refractivity contribution in [2.75, 3.05) is 0 Å². The van der Waals surface area contributed by atoms with Crippen molar-refractivity contribution in [1.29, 1.82) is 0 Å². The maximum atomic E-state index is 12.2. The number of carbonyl (C=O) groups is 1. The molecule has 0 radical (unpaired) electrons. The molecule has 0 aliphatic carbocycles. The third kappa shape index (κ3) is 2.26. The second-order valence-corrected chi connectivity index (χ2v) is 4.31. The molecule has 2 aromatic rings. The van der Waals surface area contributed by atoms with Crippen molar-refractivity contribution in [3.05, 3.63) is 65.7 Å². The molecule has 0 spiro atoms. The first-order chi connectivity index (χ1) is 8.51. The molecule has 1 atom stereocenters. The van der Waals surface area contributed by atoms with Crippen LogP contribution in [0.4, 0.5) is 0 Å². The van der Waals surface area contributed by atoms with Crippen LogP contribution in [0.25, 0.3) is 0 Å². The Morgan fingerprint density at radius 3 is 2.11 bits per heavy atom. The van der Waals surface area contributed by atoms with E-state index in [1.165, 1.54) is 31.2 Å². The van der Waals surface area contributed by atoms with Crippen molar-refractivity contribution in [3.8, 4) is 5.75 Å². The monoisotopic (exact) mass is 242 g/mol. The summed E-state index contributed by atoms with van der Waals surface area (Å²) in [5.74, 6) is -0.268. The summed E-state index contributed by atoms with van der Waals surface area (Å²) in [6, 6.07) is 14.6. The Kier molecular flexibility index (Phi) is 3.17. The van der Waals surface area contributed by atoms with Crippen molar-refractivity contribution in [1.82, 2.24) is 0 Å². The Labute approximate surface area is 105 Å². The van der Waals surface area contributed by atoms with Crippen molar-refractivity contribution in [3.63, 3.8) is 0 Å². The molecule has 3 heteroatoms. The van der Waals surface area contributed by atoms with Gasteiger partial charge in [-0.25, -0.2) is 0 Å². The van der Waals surface area contributed by atoms with Gasteiger partial charge in [-0.1, -0.05) is 42.5 Å². The highest BCUT2D eigenvalue weighted by Crippen LogP contribution is 2.26. The van der Waals surface area contributed by atoms with Gasteiger partial charge in [0, 0.05) is 5.56 Å². The number of benzene rings is 2. The maximum Gasteiger partial charge on any atom is 0.198 e. The van der Waals surface area contributed by atoms with Crippen molar-refractivity contribution < 1.29 is 15.0 Å². The lowest BCUT2D eigenvalue weighted by Gasteiger charge is -2.22. The fourth-order valence-corrected chi connectivity index (χ4v) is 1.79. The molecule has 2 aromatic carbocycles. The van der Waals surface area contributed by atoms with Gasteiger partial charge in [-0.05, 0) is 24.6 Å². The molecule has 0 fully saturated rings. The molecular weight excluding hydrogens is 228 g/mol. The number of rotatable bonds is 3. The molecule has 1 unspecified atom stereocenters. The first-order valence-electron chi connectivity index (χ1n) is 5.63. The second-order valence-electron chi connectivity index (χ2n) is 4.31. The number of aliphatic hydroxyl groups is 1. The van der Waals surface area contributed by atoms with Crippen LogP contribution in [0.3, 0.4) is 0 Å². The van der Waals surface area contributed by atoms with E-state index in [2.05, 4.69) is 0 Å². The summed E-state index contributed by atoms with van der Waals surface area (Å²) in [6.07, 6.45) is 0. The summed E-state index contributed by atoms with van der Waals surface area (Å²) < 4.78 is 0. The summed E-state index contributed by atoms with van der Waals surface area (Å²) in [7, 11) is 0. The summed E-state index contributed by atoms with van der Waals surface area (Å²) in [5.41, 5.74) is -0.695. The number of carbonyl (C=O) groups excluding carboxylic acids is 1. The van der Waals surface area contributed by atoms with E-state index in [1.807, 2.05) is 6.07 Å². The van der Waals surface area contributed by atoms with Gasteiger partial charge in [0.1, 0.15) is 11.4 Å². The number of aromatic hydroxyl groups is 1. The highest BCUT2D eigenvalue weighted by molar-refractivity contribution is 6.02. The van der Waals surface area contributed by atoms with Crippen molar-refractivity contribution in [2.45, 2.75) is 12.5 Å². The van der Waals surface area contributed by atoms with E-state index < -0.39 is 5.60 Å². The van der Waals surface area contributed by atoms with E-state index in [0.717, 1.165) is 0 Å². The van der Waals surface area contributed by atoms with E-state index in [9.17, 15) is 15.0 Å². The van der Waals surface area contributed by atoms with Gasteiger partial charge in [-0.3, -0.25) is 4.79 Å². The molecule has 0 aliphatic rings. The predicted molar refractivity (Wildman–Crippen MR) is 68.5 cm³/mol. The zero-order chi connectivity index (χ0) is 13.2. The molecule has 0 amide bonds. The average molecular weight is 242 g/mol. The second kappa shape index (κ2) is 4.63. The maximum absolute atomic E-state index is 12.2. The topological polar surface area (TPSA) is 57.5 Å². The lowest BCUT2D eigenvalue weighted by Crippen LogP contribution is -2.32. The molecule has 18 heavy (non-hydrogen) atoms. The quantitative estimate of drug-likeness (QED) is 0.813. The van der Waals surface area contributed by atoms with Crippen LogP contribution in [-0.2, 0) is 5.60 Å². The van der Waals surface area contributed by atoms with Crippen molar-refractivity contribution in [2.24, 2.45) is 0 Å². The van der Waals surface area contributed by atoms with Crippen LogP contribution in [0.2, 0.25) is 0 Å². The Balaban J connectivity index is 2.37. The molecule has 0 bridgehead atoms. The molecule has 0 saturated carbocycles. The third-order valence-electron chi connectivity index (χ3n) is 2.91. The Morgan fingerprint density at radius 1 is 1.00 bits per heavy atom. The molecule has 0 saturated heterocycles. The SMILES string of the molecule is CC(O)(C(=O)c1ccccc1)c1ccc(O)cc1. The van der Waals surface area contributed by atoms with Crippen LogP contribution in [0.15, 0.2) is 54.6 Å². The zero-order valence-corrected chi connectivity index (χ0v) is 10.00. The van der Waals surface area contributed by atoms with Crippen LogP contribution >= 0.6 is 0 Å². The number of Topliss-reactive ketones (excluding diaryl/α,β-unsaturated/α-hetero) is 1. The van der Waals surface area contributed by atoms with Crippen LogP contribution < -0.4 is 0 Å². The lowest BCUT2D eigenvalue weighted by atomic mass is 9.88. The molecule has 2 N–H and O–H groups in total. The van der Waals surface area contributed by atoms with Gasteiger partial charge in [-0.2, -0.15) is 0 Å². The van der Waals surface area contributed by atoms with Gasteiger partial charge in [-0.15, -0.1) is 0 Å². The number of phenols is 1. The first kappa shape index (κ1) is 12.3. The summed E-state index contributed by atoms with van der Waals surface area (Å²) in [5, 5.41) is 19.6. The normalized spacial score (nSPS) is 13.9. The predicted octanol–water partition coefficient (Wildman–Crippen LogP) is 2.48. The van der Waals surface area contributed by atoms with Gasteiger partial charge >= 0.3 is 0 Å². The highest BCUT2D eigenvalue weighted by atomic mass is 16.3. The molecule has 2 rings (SSSR count). The number of phenolic OH excluding ortho intramolecular Hbond substituents is 1. The van der Waals surface area contributed by atoms with Crippen LogP contribution in [-0.4, -0.2) is 16.0 Å². The number of hydrogen-bond donors (Lipinski definition) is 2. The minimum atomic E-state index is -1.60. The van der Waals surface area contributed by atoms with Gasteiger partial charge < -0.3 is 10.2 Å². The van der Waals surface area contributed by atoms with Crippen molar-refractivity contribution >= 4 is 5.78 Å². The Bertz CT molecular complexity index is 542. The lowest BCUT2D eigenvalue weighted by molar-refractivity contribution is 0.0392. The van der Waals surface area contributed by atoms with Gasteiger partial charge in [0.05, 0.1) is 0 Å². The van der Waals surface area contributed by atoms with Crippen LogP contribution in [0, 0.1) is 0 Å². The fourth-order valence-electron chi connectivity index (χ4n) is 1.79. The average Bonchev–Trinajstić information content (AvgIpc) is 2.39. The smallest absolute Gasteiger partial charge is 0.198 e. The standard InChI is InChI=1S/C15H14O3/c1-15(18,12-7-9-13(16)10-8-12)14(17)11-5-3-2-4-6-11/h2-10,16,18H,1H3. The molecule has 0 heterocycles. The Morgan fingerprint density at radius 2 is 1.56 bits per heavy atom. The van der Waals surface area contributed by atoms with E-state index in [4.69, 9.17) is 0 Å². The van der Waals surface area contributed by atoms with E-state index in [-0.39, 0.29) is 11.5 Å². The summed E-state index contributed by atoms with van der Waals surface area (Å²) >= 11 is 0. The first-order valence-corrected chi connectivity index (χ1v) is 5.63. The van der Waals surface area contributed by atoms with Crippen LogP contribution in [0.1, 0.15) is 22.8 Å². The van der Waals surface area contributed by atoms with E-state index in [0.29, 0.717) is 11.1 Å². The fraction of sp³-hybridized carbons (Fsp3) is 0.133. The highest BCUT2D eigenvalue weighted by Gasteiger charge is 2.32. The van der Waals surface area contributed by atoms with Crippen LogP contribution in [0.5, 0.6) is 5.75 Å². The van der Waals surface area contributed by atoms with E-state index in [1.54, 1.807) is 24.3 Å². The summed E-state index contributed by atoms with van der Waals surface area (Å²) in [6.45, 7) is 1.45. The largest absolute Gasteiger partial charge is 0.508 e. The molecule has 3 nitrogen and oxygen atoms in total. The van der Waals surface area contributed by atoms with E-state index >= 15 is 0 Å². The molecule has 92 valence electrons. The Hall–Kier alpha value is -2.13. The zero-order valence-electron chi connectivity index (χ0n) is 10.00. The molecule has 0 aromatic heterocycles. The minimum Gasteiger partial charge on any atom is -0.508 e. The molecular formula is C15H14O3. The molecule has 0 aliphatic heterocycles. The van der Waals surface area contributed by atoms with Gasteiger partial charge in [0.2, 0.25) is 0 Å². The number of hydrogen-bond acceptors (Lipinski definition) is 3. The van der Waals surface area contributed by atoms with Gasteiger partial charge in [0.25, 0.3) is 0 Å². The van der Waals surface area contributed by atoms with Gasteiger partial charge in [0.15, 0.2) is 5.78 Å². The third-order valence-corrected chi connectivity index (χ3v) is 2.91. The minimum absolute atomic E-state index is 0.0988.